The Labute approximate surface area is 196 Å². The normalized spacial score (nSPS) is 13.1. The molecule has 3 heterocycles. The van der Waals surface area contributed by atoms with Crippen LogP contribution in [-0.2, 0) is 12.8 Å². The summed E-state index contributed by atoms with van der Waals surface area (Å²) in [5.41, 5.74) is 7.81. The summed E-state index contributed by atoms with van der Waals surface area (Å²) in [5, 5.41) is 3.29. The maximum atomic E-state index is 10.9. The van der Waals surface area contributed by atoms with Gasteiger partial charge in [0.15, 0.2) is 0 Å². The molecule has 0 bridgehead atoms. The first-order valence-electron chi connectivity index (χ1n) is 11.6. The minimum Gasteiger partial charge on any atom is -0.371 e. The van der Waals surface area contributed by atoms with E-state index >= 15 is 0 Å². The van der Waals surface area contributed by atoms with Gasteiger partial charge in [0.1, 0.15) is 0 Å². The Balaban J connectivity index is 0.000000194. The predicted molar refractivity (Wildman–Crippen MR) is 137 cm³/mol. The summed E-state index contributed by atoms with van der Waals surface area (Å²) >= 11 is 0. The highest BCUT2D eigenvalue weighted by Crippen LogP contribution is 2.25. The third kappa shape index (κ3) is 6.54. The number of aromatic nitrogens is 3. The van der Waals surface area contributed by atoms with Crippen molar-refractivity contribution >= 4 is 17.3 Å². The molecule has 174 valence electrons. The summed E-state index contributed by atoms with van der Waals surface area (Å²) in [6.07, 6.45) is 5.56. The second kappa shape index (κ2) is 10.9. The molecule has 1 aliphatic rings. The number of benzene rings is 1. The van der Waals surface area contributed by atoms with Gasteiger partial charge in [-0.05, 0) is 67.5 Å². The van der Waals surface area contributed by atoms with Crippen LogP contribution in [0.15, 0.2) is 54.1 Å². The van der Waals surface area contributed by atoms with E-state index in [2.05, 4.69) is 84.6 Å². The molecule has 0 amide bonds. The minimum atomic E-state index is -0.0708. The molecular formula is C27H35N5O. The lowest BCUT2D eigenvalue weighted by atomic mass is 10.0. The van der Waals surface area contributed by atoms with Crippen molar-refractivity contribution < 1.29 is 0 Å². The molecule has 1 fully saturated rings. The maximum Gasteiger partial charge on any atom is 0.247 e. The van der Waals surface area contributed by atoms with Crippen LogP contribution in [-0.4, -0.2) is 32.9 Å². The zero-order valence-electron chi connectivity index (χ0n) is 20.4. The van der Waals surface area contributed by atoms with Crippen LogP contribution in [0, 0.1) is 19.8 Å². The SMILES string of the molecule is C=C(c1ccc(=O)[nH]c1)N1CC(C)C1.CCc1cnc(Nc2cc(C)cc(C)c2)nc1CC. The summed E-state index contributed by atoms with van der Waals surface area (Å²) in [5.74, 6) is 1.44. The van der Waals surface area contributed by atoms with Crippen molar-refractivity contribution in [1.29, 1.82) is 0 Å². The molecule has 3 aromatic rings. The van der Waals surface area contributed by atoms with Crippen molar-refractivity contribution in [1.82, 2.24) is 19.9 Å². The Morgan fingerprint density at radius 3 is 2.39 bits per heavy atom. The van der Waals surface area contributed by atoms with Crippen molar-refractivity contribution in [2.75, 3.05) is 18.4 Å². The number of pyridine rings is 1. The molecule has 0 atom stereocenters. The Kier molecular flexibility index (Phi) is 8.04. The molecule has 6 heteroatoms. The maximum absolute atomic E-state index is 10.9. The molecule has 0 aliphatic carbocycles. The fraction of sp³-hybridized carbons (Fsp3) is 0.370. The first kappa shape index (κ1) is 24.2. The van der Waals surface area contributed by atoms with Gasteiger partial charge in [-0.3, -0.25) is 4.79 Å². The minimum absolute atomic E-state index is 0.0708. The molecule has 1 saturated heterocycles. The number of rotatable bonds is 6. The van der Waals surface area contributed by atoms with Crippen molar-refractivity contribution in [3.05, 3.63) is 87.6 Å². The molecule has 2 N–H and O–H groups in total. The summed E-state index contributed by atoms with van der Waals surface area (Å²) in [6, 6.07) is 9.71. The molecule has 6 nitrogen and oxygen atoms in total. The van der Waals surface area contributed by atoms with Crippen molar-refractivity contribution in [2.45, 2.75) is 47.5 Å². The highest BCUT2D eigenvalue weighted by atomic mass is 16.1. The van der Waals surface area contributed by atoms with Gasteiger partial charge in [-0.2, -0.15) is 0 Å². The zero-order valence-corrected chi connectivity index (χ0v) is 20.4. The number of anilines is 2. The quantitative estimate of drug-likeness (QED) is 0.541. The van der Waals surface area contributed by atoms with E-state index < -0.39 is 0 Å². The molecule has 4 rings (SSSR count). The van der Waals surface area contributed by atoms with Crippen LogP contribution in [0.5, 0.6) is 0 Å². The van der Waals surface area contributed by atoms with Crippen LogP contribution in [0.3, 0.4) is 0 Å². The number of nitrogens with one attached hydrogen (secondary N) is 2. The Morgan fingerprint density at radius 1 is 1.15 bits per heavy atom. The summed E-state index contributed by atoms with van der Waals surface area (Å²) in [7, 11) is 0. The van der Waals surface area contributed by atoms with Crippen molar-refractivity contribution in [2.24, 2.45) is 5.92 Å². The predicted octanol–water partition coefficient (Wildman–Crippen LogP) is 5.26. The van der Waals surface area contributed by atoms with E-state index in [4.69, 9.17) is 0 Å². The first-order chi connectivity index (χ1) is 15.8. The Bertz CT molecular complexity index is 1120. The van der Waals surface area contributed by atoms with Crippen molar-refractivity contribution in [3.8, 4) is 0 Å². The van der Waals surface area contributed by atoms with E-state index in [1.54, 1.807) is 6.20 Å². The average Bonchev–Trinajstić information content (AvgIpc) is 2.76. The third-order valence-corrected chi connectivity index (χ3v) is 5.71. The van der Waals surface area contributed by atoms with E-state index in [1.165, 1.54) is 22.8 Å². The van der Waals surface area contributed by atoms with E-state index in [-0.39, 0.29) is 5.56 Å². The smallest absolute Gasteiger partial charge is 0.247 e. The van der Waals surface area contributed by atoms with Gasteiger partial charge in [-0.1, -0.05) is 33.4 Å². The number of hydrogen-bond donors (Lipinski definition) is 2. The summed E-state index contributed by atoms with van der Waals surface area (Å²) in [6.45, 7) is 16.8. The lowest BCUT2D eigenvalue weighted by molar-refractivity contribution is 0.192. The second-order valence-corrected chi connectivity index (χ2v) is 8.77. The molecule has 0 saturated carbocycles. The van der Waals surface area contributed by atoms with Crippen LogP contribution in [0.4, 0.5) is 11.6 Å². The molecule has 2 aromatic heterocycles. The van der Waals surface area contributed by atoms with Crippen molar-refractivity contribution in [3.63, 3.8) is 0 Å². The highest BCUT2D eigenvalue weighted by Gasteiger charge is 2.23. The topological polar surface area (TPSA) is 73.9 Å². The second-order valence-electron chi connectivity index (χ2n) is 8.77. The van der Waals surface area contributed by atoms with E-state index in [9.17, 15) is 4.79 Å². The van der Waals surface area contributed by atoms with Crippen LogP contribution in [0.2, 0.25) is 0 Å². The molecule has 0 unspecified atom stereocenters. The number of aryl methyl sites for hydroxylation is 4. The van der Waals surface area contributed by atoms with Gasteiger partial charge in [0.2, 0.25) is 11.5 Å². The van der Waals surface area contributed by atoms with Gasteiger partial charge >= 0.3 is 0 Å². The van der Waals surface area contributed by atoms with Crippen LogP contribution in [0.25, 0.3) is 5.70 Å². The number of aromatic amines is 1. The molecule has 1 aliphatic heterocycles. The van der Waals surface area contributed by atoms with E-state index in [0.29, 0.717) is 5.95 Å². The molecule has 0 radical (unpaired) electrons. The fourth-order valence-corrected chi connectivity index (χ4v) is 3.97. The zero-order chi connectivity index (χ0) is 24.0. The lowest BCUT2D eigenvalue weighted by Crippen LogP contribution is -2.43. The first-order valence-corrected chi connectivity index (χ1v) is 11.6. The van der Waals surface area contributed by atoms with E-state index in [0.717, 1.165) is 54.5 Å². The number of likely N-dealkylation sites (tertiary alicyclic amines) is 1. The summed E-state index contributed by atoms with van der Waals surface area (Å²) in [4.78, 5) is 24.7. The largest absolute Gasteiger partial charge is 0.371 e. The van der Waals surface area contributed by atoms with Crippen LogP contribution < -0.4 is 10.9 Å². The van der Waals surface area contributed by atoms with Gasteiger partial charge in [0.05, 0.1) is 0 Å². The van der Waals surface area contributed by atoms with Gasteiger partial charge < -0.3 is 15.2 Å². The lowest BCUT2D eigenvalue weighted by Gasteiger charge is -2.40. The standard InChI is InChI=1S/C16H21N3.C11H14N2O/c1-5-13-10-17-16(19-15(13)6-2)18-14-8-11(3)7-12(4)9-14;1-8-6-13(7-8)9(2)10-3-4-11(14)12-5-10/h7-10H,5-6H2,1-4H3,(H,17,18,19);3-5,8H,2,6-7H2,1H3,(H,12,14). The van der Waals surface area contributed by atoms with Gasteiger partial charge in [0.25, 0.3) is 0 Å². The number of H-pyrrole nitrogens is 1. The summed E-state index contributed by atoms with van der Waals surface area (Å²) < 4.78 is 0. The van der Waals surface area contributed by atoms with Gasteiger partial charge in [0, 0.05) is 54.2 Å². The van der Waals surface area contributed by atoms with E-state index in [1.807, 2.05) is 12.3 Å². The molecule has 33 heavy (non-hydrogen) atoms. The molecular weight excluding hydrogens is 410 g/mol. The fourth-order valence-electron chi connectivity index (χ4n) is 3.97. The Morgan fingerprint density at radius 2 is 1.85 bits per heavy atom. The van der Waals surface area contributed by atoms with Gasteiger partial charge in [-0.15, -0.1) is 0 Å². The van der Waals surface area contributed by atoms with Gasteiger partial charge in [-0.25, -0.2) is 9.97 Å². The third-order valence-electron chi connectivity index (χ3n) is 5.71. The van der Waals surface area contributed by atoms with Crippen LogP contribution in [0.1, 0.15) is 48.7 Å². The monoisotopic (exact) mass is 445 g/mol. The molecule has 1 aromatic carbocycles. The Hall–Kier alpha value is -3.41. The number of hydrogen-bond acceptors (Lipinski definition) is 5. The average molecular weight is 446 g/mol. The molecule has 0 spiro atoms. The highest BCUT2D eigenvalue weighted by molar-refractivity contribution is 5.61. The number of nitrogens with zero attached hydrogens (tertiary/aromatic N) is 3. The van der Waals surface area contributed by atoms with Crippen LogP contribution >= 0.6 is 0 Å².